The molecular weight excluding hydrogens is 645 g/mol. The van der Waals surface area contributed by atoms with Crippen molar-refractivity contribution in [1.29, 1.82) is 0 Å². The highest BCUT2D eigenvalue weighted by Crippen LogP contribution is 2.46. The van der Waals surface area contributed by atoms with Gasteiger partial charge in [0.1, 0.15) is 11.2 Å². The molecule has 0 bridgehead atoms. The molecule has 0 amide bonds. The first-order chi connectivity index (χ1) is 26.1. The normalized spacial score (nSPS) is 11.6. The van der Waals surface area contributed by atoms with Gasteiger partial charge in [-0.2, -0.15) is 0 Å². The number of hydrogen-bond donors (Lipinski definition) is 0. The molecule has 0 N–H and O–H groups in total. The van der Waals surface area contributed by atoms with Crippen LogP contribution in [0.1, 0.15) is 11.1 Å². The molecule has 3 heteroatoms. The summed E-state index contributed by atoms with van der Waals surface area (Å²) in [6.07, 6.45) is 0. The van der Waals surface area contributed by atoms with Crippen LogP contribution in [-0.4, -0.2) is 4.57 Å². The Morgan fingerprint density at radius 3 is 1.66 bits per heavy atom. The molecule has 3 nitrogen and oxygen atoms in total. The van der Waals surface area contributed by atoms with Gasteiger partial charge in [0, 0.05) is 44.2 Å². The first-order valence-corrected chi connectivity index (χ1v) is 18.2. The van der Waals surface area contributed by atoms with Crippen molar-refractivity contribution in [2.45, 2.75) is 13.8 Å². The lowest BCUT2D eigenvalue weighted by Crippen LogP contribution is -2.13. The van der Waals surface area contributed by atoms with Gasteiger partial charge in [-0.25, -0.2) is 0 Å². The molecule has 2 aromatic heterocycles. The van der Waals surface area contributed by atoms with Crippen LogP contribution in [0.2, 0.25) is 0 Å². The Balaban J connectivity index is 1.18. The molecule has 252 valence electrons. The maximum atomic E-state index is 6.69. The van der Waals surface area contributed by atoms with E-state index in [-0.39, 0.29) is 0 Å². The molecule has 0 aliphatic rings. The number of hydrogen-bond acceptors (Lipinski definition) is 2. The van der Waals surface area contributed by atoms with Crippen molar-refractivity contribution in [3.05, 3.63) is 193 Å². The standard InChI is InChI=1S/C50H36N2O/c1-33-29-37(35-15-5-3-6-16-35)30-34(2)49(33)51(38-17-7-4-8-18-38)40-31-44(50-45(32-40)43-21-11-14-24-48(43)53-50)36-25-27-39(28-26-36)52-46-22-12-9-19-41(46)42-20-10-13-23-47(42)52/h3-32H,1-2H3. The van der Waals surface area contributed by atoms with Gasteiger partial charge in [0.15, 0.2) is 0 Å². The maximum absolute atomic E-state index is 6.69. The molecule has 8 aromatic carbocycles. The summed E-state index contributed by atoms with van der Waals surface area (Å²) in [5.41, 5.74) is 15.7. The average molecular weight is 681 g/mol. The Labute approximate surface area is 308 Å². The quantitative estimate of drug-likeness (QED) is 0.174. The number of para-hydroxylation sites is 4. The number of aryl methyl sites for hydroxylation is 2. The third-order valence-corrected chi connectivity index (χ3v) is 10.6. The molecule has 0 saturated carbocycles. The summed E-state index contributed by atoms with van der Waals surface area (Å²) in [5.74, 6) is 0. The lowest BCUT2D eigenvalue weighted by Gasteiger charge is -2.30. The maximum Gasteiger partial charge on any atom is 0.143 e. The Bertz CT molecular complexity index is 2880. The first-order valence-electron chi connectivity index (χ1n) is 18.2. The fourth-order valence-corrected chi connectivity index (χ4v) is 8.24. The Hall–Kier alpha value is -6.84. The molecular formula is C50H36N2O. The van der Waals surface area contributed by atoms with Crippen LogP contribution in [0, 0.1) is 13.8 Å². The summed E-state index contributed by atoms with van der Waals surface area (Å²) < 4.78 is 9.05. The van der Waals surface area contributed by atoms with Crippen molar-refractivity contribution in [3.63, 3.8) is 0 Å². The second-order valence-electron chi connectivity index (χ2n) is 13.9. The highest BCUT2D eigenvalue weighted by Gasteiger charge is 2.22. The van der Waals surface area contributed by atoms with Gasteiger partial charge in [0.25, 0.3) is 0 Å². The minimum Gasteiger partial charge on any atom is -0.455 e. The van der Waals surface area contributed by atoms with E-state index < -0.39 is 0 Å². The van der Waals surface area contributed by atoms with Gasteiger partial charge in [0.05, 0.1) is 16.7 Å². The minimum absolute atomic E-state index is 0.883. The molecule has 2 heterocycles. The number of benzene rings is 8. The van der Waals surface area contributed by atoms with Crippen LogP contribution in [0.5, 0.6) is 0 Å². The lowest BCUT2D eigenvalue weighted by atomic mass is 9.96. The van der Waals surface area contributed by atoms with Crippen LogP contribution in [0.3, 0.4) is 0 Å². The first kappa shape index (κ1) is 30.9. The second kappa shape index (κ2) is 12.4. The number of fused-ring (bicyclic) bond motifs is 6. The van der Waals surface area contributed by atoms with Crippen LogP contribution in [0.15, 0.2) is 186 Å². The molecule has 0 fully saturated rings. The van der Waals surface area contributed by atoms with Gasteiger partial charge in [0.2, 0.25) is 0 Å². The summed E-state index contributed by atoms with van der Waals surface area (Å²) in [4.78, 5) is 2.41. The lowest BCUT2D eigenvalue weighted by molar-refractivity contribution is 0.670. The van der Waals surface area contributed by atoms with E-state index in [0.29, 0.717) is 0 Å². The summed E-state index contributed by atoms with van der Waals surface area (Å²) in [6.45, 7) is 4.45. The van der Waals surface area contributed by atoms with E-state index >= 15 is 0 Å². The second-order valence-corrected chi connectivity index (χ2v) is 13.9. The molecule has 0 aliphatic heterocycles. The van der Waals surface area contributed by atoms with E-state index in [4.69, 9.17) is 4.42 Å². The highest BCUT2D eigenvalue weighted by molar-refractivity contribution is 6.12. The summed E-state index contributed by atoms with van der Waals surface area (Å²) in [6, 6.07) is 65.2. The van der Waals surface area contributed by atoms with Crippen molar-refractivity contribution < 1.29 is 4.42 Å². The van der Waals surface area contributed by atoms with E-state index in [0.717, 1.165) is 50.1 Å². The largest absolute Gasteiger partial charge is 0.455 e. The molecule has 0 atom stereocenters. The van der Waals surface area contributed by atoms with E-state index in [1.807, 2.05) is 6.07 Å². The summed E-state index contributed by atoms with van der Waals surface area (Å²) in [5, 5.41) is 4.71. The molecule has 0 unspecified atom stereocenters. The predicted molar refractivity (Wildman–Crippen MR) is 223 cm³/mol. The van der Waals surface area contributed by atoms with E-state index in [1.54, 1.807) is 0 Å². The van der Waals surface area contributed by atoms with Gasteiger partial charge in [-0.1, -0.05) is 115 Å². The molecule has 0 saturated heterocycles. The van der Waals surface area contributed by atoms with Crippen molar-refractivity contribution in [3.8, 4) is 27.9 Å². The van der Waals surface area contributed by atoms with Gasteiger partial charge in [-0.3, -0.25) is 0 Å². The van der Waals surface area contributed by atoms with Gasteiger partial charge >= 0.3 is 0 Å². The summed E-state index contributed by atoms with van der Waals surface area (Å²) >= 11 is 0. The smallest absolute Gasteiger partial charge is 0.143 e. The highest BCUT2D eigenvalue weighted by atomic mass is 16.3. The van der Waals surface area contributed by atoms with Gasteiger partial charge < -0.3 is 13.9 Å². The Morgan fingerprint density at radius 2 is 1.00 bits per heavy atom. The van der Waals surface area contributed by atoms with Crippen LogP contribution in [0.4, 0.5) is 17.1 Å². The topological polar surface area (TPSA) is 21.3 Å². The molecule has 10 aromatic rings. The Kier molecular flexibility index (Phi) is 7.26. The van der Waals surface area contributed by atoms with Crippen molar-refractivity contribution in [2.24, 2.45) is 0 Å². The number of nitrogens with zero attached hydrogens (tertiary/aromatic N) is 2. The third-order valence-electron chi connectivity index (χ3n) is 10.6. The van der Waals surface area contributed by atoms with Crippen molar-refractivity contribution in [2.75, 3.05) is 4.90 Å². The average Bonchev–Trinajstić information content (AvgIpc) is 3.76. The molecule has 10 rings (SSSR count). The Morgan fingerprint density at radius 1 is 0.434 bits per heavy atom. The molecule has 0 aliphatic carbocycles. The van der Waals surface area contributed by atoms with Crippen LogP contribution < -0.4 is 4.90 Å². The molecule has 0 spiro atoms. The van der Waals surface area contributed by atoms with E-state index in [1.165, 1.54) is 49.7 Å². The molecule has 53 heavy (non-hydrogen) atoms. The zero-order valence-corrected chi connectivity index (χ0v) is 29.6. The zero-order chi connectivity index (χ0) is 35.5. The summed E-state index contributed by atoms with van der Waals surface area (Å²) in [7, 11) is 0. The van der Waals surface area contributed by atoms with Crippen molar-refractivity contribution >= 4 is 60.8 Å². The van der Waals surface area contributed by atoms with Gasteiger partial charge in [-0.15, -0.1) is 0 Å². The van der Waals surface area contributed by atoms with Crippen molar-refractivity contribution in [1.82, 2.24) is 4.57 Å². The van der Waals surface area contributed by atoms with E-state index in [9.17, 15) is 0 Å². The SMILES string of the molecule is Cc1cc(-c2ccccc2)cc(C)c1N(c1ccccc1)c1cc(-c2ccc(-n3c4ccccc4c4ccccc43)cc2)c2oc3ccccc3c2c1. The number of aromatic nitrogens is 1. The fourth-order valence-electron chi connectivity index (χ4n) is 8.24. The van der Waals surface area contributed by atoms with Gasteiger partial charge in [-0.05, 0) is 108 Å². The zero-order valence-electron chi connectivity index (χ0n) is 29.6. The number of furan rings is 1. The molecule has 0 radical (unpaired) electrons. The number of anilines is 3. The predicted octanol–water partition coefficient (Wildman–Crippen LogP) is 14.1. The monoisotopic (exact) mass is 680 g/mol. The van der Waals surface area contributed by atoms with Crippen LogP contribution >= 0.6 is 0 Å². The van der Waals surface area contributed by atoms with Crippen LogP contribution in [-0.2, 0) is 0 Å². The number of rotatable bonds is 6. The van der Waals surface area contributed by atoms with E-state index in [2.05, 4.69) is 199 Å². The third kappa shape index (κ3) is 5.12. The fraction of sp³-hybridized carbons (Fsp3) is 0.0400. The minimum atomic E-state index is 0.883. The van der Waals surface area contributed by atoms with Crippen LogP contribution in [0.25, 0.3) is 71.7 Å².